The summed E-state index contributed by atoms with van der Waals surface area (Å²) >= 11 is 5.14. The molecule has 0 saturated carbocycles. The fraction of sp³-hybridized carbons (Fsp3) is 0.0667. The molecular formula is C15H16N3O2S+. The molecule has 2 aromatic rings. The summed E-state index contributed by atoms with van der Waals surface area (Å²) in [6.07, 6.45) is 1.59. The number of hydrazone groups is 1. The third-order valence-corrected chi connectivity index (χ3v) is 2.90. The second-order valence-electron chi connectivity index (χ2n) is 4.13. The van der Waals surface area contributed by atoms with Crippen molar-refractivity contribution in [3.8, 4) is 11.5 Å². The number of phenols is 1. The summed E-state index contributed by atoms with van der Waals surface area (Å²) in [5.74, 6) is 0.478. The number of thiocarbonyl (C=S) groups is 1. The molecule has 0 radical (unpaired) electrons. The van der Waals surface area contributed by atoms with Crippen molar-refractivity contribution >= 4 is 29.2 Å². The number of ether oxygens (including phenoxy) is 1. The molecule has 0 aliphatic heterocycles. The van der Waals surface area contributed by atoms with E-state index < -0.39 is 0 Å². The molecule has 0 unspecified atom stereocenters. The van der Waals surface area contributed by atoms with Gasteiger partial charge in [0.15, 0.2) is 11.5 Å². The zero-order valence-corrected chi connectivity index (χ0v) is 12.3. The van der Waals surface area contributed by atoms with Gasteiger partial charge in [-0.2, -0.15) is 0 Å². The fourth-order valence-corrected chi connectivity index (χ4v) is 1.86. The zero-order valence-electron chi connectivity index (χ0n) is 11.5. The SMILES string of the molecule is COc1cccc(/C=[NH+]/NC(=S)Nc2ccccc2)c1O. The van der Waals surface area contributed by atoms with Crippen molar-refractivity contribution in [1.29, 1.82) is 0 Å². The second-order valence-corrected chi connectivity index (χ2v) is 4.54. The summed E-state index contributed by atoms with van der Waals surface area (Å²) in [6.45, 7) is 0. The standard InChI is InChI=1S/C15H15N3O2S/c1-20-13-9-5-6-11(14(13)19)10-16-18-15(21)17-12-7-3-2-4-8-12/h2-10,19H,1H3,(H2,17,18,21)/p+1/b16-10+. The Morgan fingerprint density at radius 1 is 1.19 bits per heavy atom. The molecular weight excluding hydrogens is 286 g/mol. The van der Waals surface area contributed by atoms with Gasteiger partial charge in [0.25, 0.3) is 0 Å². The maximum atomic E-state index is 9.92. The first-order valence-electron chi connectivity index (χ1n) is 6.27. The van der Waals surface area contributed by atoms with Gasteiger partial charge in [-0.05, 0) is 36.5 Å². The Labute approximate surface area is 128 Å². The number of aromatic hydroxyl groups is 1. The van der Waals surface area contributed by atoms with Crippen molar-refractivity contribution in [2.24, 2.45) is 0 Å². The highest BCUT2D eigenvalue weighted by molar-refractivity contribution is 7.80. The minimum absolute atomic E-state index is 0.0660. The summed E-state index contributed by atoms with van der Waals surface area (Å²) in [7, 11) is 1.50. The molecule has 0 aliphatic rings. The number of phenolic OH excluding ortho intramolecular Hbond substituents is 1. The third-order valence-electron chi connectivity index (χ3n) is 2.70. The lowest BCUT2D eigenvalue weighted by atomic mass is 10.2. The molecule has 4 N–H and O–H groups in total. The molecule has 0 spiro atoms. The van der Waals surface area contributed by atoms with Crippen LogP contribution in [0.25, 0.3) is 0 Å². The van der Waals surface area contributed by atoms with Crippen LogP contribution in [-0.2, 0) is 0 Å². The first-order chi connectivity index (χ1) is 10.2. The van der Waals surface area contributed by atoms with Crippen LogP contribution in [0.4, 0.5) is 5.69 Å². The van der Waals surface area contributed by atoms with Gasteiger partial charge >= 0.3 is 0 Å². The number of hydrogen-bond acceptors (Lipinski definition) is 3. The van der Waals surface area contributed by atoms with Gasteiger partial charge in [0.2, 0.25) is 11.3 Å². The molecule has 108 valence electrons. The maximum Gasteiger partial charge on any atom is 0.228 e. The number of benzene rings is 2. The number of para-hydroxylation sites is 2. The Balaban J connectivity index is 1.95. The monoisotopic (exact) mass is 302 g/mol. The van der Waals surface area contributed by atoms with E-state index in [2.05, 4.69) is 15.8 Å². The van der Waals surface area contributed by atoms with Gasteiger partial charge in [0.1, 0.15) is 0 Å². The van der Waals surface area contributed by atoms with Crippen LogP contribution in [0.5, 0.6) is 11.5 Å². The Hall–Kier alpha value is -2.60. The van der Waals surface area contributed by atoms with E-state index in [1.165, 1.54) is 7.11 Å². The van der Waals surface area contributed by atoms with Gasteiger partial charge in [-0.3, -0.25) is 0 Å². The number of hydrogen-bond donors (Lipinski definition) is 4. The van der Waals surface area contributed by atoms with Gasteiger partial charge in [-0.15, -0.1) is 10.5 Å². The molecule has 2 rings (SSSR count). The maximum absolute atomic E-state index is 9.92. The first-order valence-corrected chi connectivity index (χ1v) is 6.68. The molecule has 0 atom stereocenters. The Bertz CT molecular complexity index is 645. The van der Waals surface area contributed by atoms with Gasteiger partial charge in [-0.1, -0.05) is 24.3 Å². The van der Waals surface area contributed by atoms with E-state index in [0.717, 1.165) is 5.69 Å². The van der Waals surface area contributed by atoms with Crippen molar-refractivity contribution in [3.05, 3.63) is 54.1 Å². The lowest BCUT2D eigenvalue weighted by Gasteiger charge is -2.04. The van der Waals surface area contributed by atoms with Crippen LogP contribution in [0.2, 0.25) is 0 Å². The summed E-state index contributed by atoms with van der Waals surface area (Å²) in [4.78, 5) is 0. The molecule has 6 heteroatoms. The van der Waals surface area contributed by atoms with Crippen LogP contribution in [0, 0.1) is 0 Å². The quantitative estimate of drug-likeness (QED) is 0.382. The smallest absolute Gasteiger partial charge is 0.228 e. The van der Waals surface area contributed by atoms with E-state index in [9.17, 15) is 5.11 Å². The molecule has 2 aromatic carbocycles. The Kier molecular flexibility index (Phi) is 5.11. The van der Waals surface area contributed by atoms with Crippen LogP contribution in [0.3, 0.4) is 0 Å². The third kappa shape index (κ3) is 4.19. The van der Waals surface area contributed by atoms with E-state index in [4.69, 9.17) is 17.0 Å². The number of anilines is 1. The van der Waals surface area contributed by atoms with E-state index in [-0.39, 0.29) is 5.75 Å². The van der Waals surface area contributed by atoms with Gasteiger partial charge < -0.3 is 15.2 Å². The van der Waals surface area contributed by atoms with Gasteiger partial charge in [-0.25, -0.2) is 0 Å². The van der Waals surface area contributed by atoms with E-state index >= 15 is 0 Å². The number of hydrazine groups is 1. The summed E-state index contributed by atoms with van der Waals surface area (Å²) in [5, 5.41) is 16.2. The lowest BCUT2D eigenvalue weighted by molar-refractivity contribution is -0.499. The van der Waals surface area contributed by atoms with Crippen molar-refractivity contribution in [1.82, 2.24) is 5.43 Å². The summed E-state index contributed by atoms with van der Waals surface area (Å²) in [6, 6.07) is 14.8. The van der Waals surface area contributed by atoms with Crippen molar-refractivity contribution in [2.45, 2.75) is 0 Å². The summed E-state index contributed by atoms with van der Waals surface area (Å²) in [5.41, 5.74) is 4.28. The second kappa shape index (κ2) is 7.25. The van der Waals surface area contributed by atoms with Crippen LogP contribution in [0.15, 0.2) is 48.5 Å². The van der Waals surface area contributed by atoms with Crippen LogP contribution in [-0.4, -0.2) is 23.5 Å². The van der Waals surface area contributed by atoms with Crippen molar-refractivity contribution < 1.29 is 14.9 Å². The van der Waals surface area contributed by atoms with E-state index in [1.54, 1.807) is 24.4 Å². The predicted octanol–water partition coefficient (Wildman–Crippen LogP) is 0.802. The molecule has 0 saturated heterocycles. The number of methoxy groups -OCH3 is 1. The average molecular weight is 302 g/mol. The molecule has 0 fully saturated rings. The highest BCUT2D eigenvalue weighted by Crippen LogP contribution is 2.27. The van der Waals surface area contributed by atoms with Crippen molar-refractivity contribution in [2.75, 3.05) is 12.4 Å². The molecule has 5 nitrogen and oxygen atoms in total. The van der Waals surface area contributed by atoms with Gasteiger partial charge in [0, 0.05) is 5.69 Å². The molecule has 0 heterocycles. The van der Waals surface area contributed by atoms with E-state index in [1.807, 2.05) is 30.3 Å². The minimum Gasteiger partial charge on any atom is -0.504 e. The van der Waals surface area contributed by atoms with Crippen LogP contribution in [0.1, 0.15) is 5.56 Å². The summed E-state index contributed by atoms with van der Waals surface area (Å²) < 4.78 is 5.04. The Morgan fingerprint density at radius 3 is 2.67 bits per heavy atom. The Morgan fingerprint density at radius 2 is 1.95 bits per heavy atom. The predicted molar refractivity (Wildman–Crippen MR) is 86.6 cm³/mol. The first kappa shape index (κ1) is 14.8. The van der Waals surface area contributed by atoms with Gasteiger partial charge in [0.05, 0.1) is 12.7 Å². The molecule has 0 amide bonds. The van der Waals surface area contributed by atoms with Crippen LogP contribution >= 0.6 is 12.2 Å². The number of nitrogens with one attached hydrogen (secondary N) is 3. The fourth-order valence-electron chi connectivity index (χ4n) is 1.68. The number of rotatable bonds is 4. The van der Waals surface area contributed by atoms with E-state index in [0.29, 0.717) is 16.4 Å². The largest absolute Gasteiger partial charge is 0.504 e. The minimum atomic E-state index is 0.0660. The normalized spacial score (nSPS) is 10.3. The van der Waals surface area contributed by atoms with Crippen LogP contribution < -0.4 is 20.6 Å². The van der Waals surface area contributed by atoms with Crippen molar-refractivity contribution in [3.63, 3.8) is 0 Å². The molecule has 0 aliphatic carbocycles. The molecule has 0 aromatic heterocycles. The lowest BCUT2D eigenvalue weighted by Crippen LogP contribution is -2.82. The highest BCUT2D eigenvalue weighted by atomic mass is 32.1. The zero-order chi connectivity index (χ0) is 15.1. The highest BCUT2D eigenvalue weighted by Gasteiger charge is 2.07. The average Bonchev–Trinajstić information content (AvgIpc) is 2.50. The molecule has 21 heavy (non-hydrogen) atoms. The molecule has 0 bridgehead atoms. The topological polar surface area (TPSA) is 67.5 Å².